The average Bonchev–Trinajstić information content (AvgIpc) is 3.12. The molecular weight excluding hydrogens is 452 g/mol. The second-order valence-electron chi connectivity index (χ2n) is 12.2. The zero-order chi connectivity index (χ0) is 25.2. The van der Waals surface area contributed by atoms with E-state index in [-0.39, 0.29) is 21.9 Å². The minimum atomic E-state index is -2.61. The summed E-state index contributed by atoms with van der Waals surface area (Å²) in [5.74, 6) is 0.147. The van der Waals surface area contributed by atoms with E-state index in [4.69, 9.17) is 8.85 Å². The highest BCUT2D eigenvalue weighted by Gasteiger charge is 2.51. The first kappa shape index (κ1) is 27.1. The molecule has 0 unspecified atom stereocenters. The van der Waals surface area contributed by atoms with Gasteiger partial charge in [-0.2, -0.15) is 0 Å². The Labute approximate surface area is 209 Å². The van der Waals surface area contributed by atoms with Gasteiger partial charge in [0.05, 0.1) is 6.10 Å². The number of hydrogen-bond acceptors (Lipinski definition) is 3. The third-order valence-electron chi connectivity index (χ3n) is 7.90. The van der Waals surface area contributed by atoms with E-state index >= 15 is 0 Å². The molecule has 0 heterocycles. The van der Waals surface area contributed by atoms with E-state index in [9.17, 15) is 5.11 Å². The van der Waals surface area contributed by atoms with E-state index in [0.29, 0.717) is 13.2 Å². The van der Waals surface area contributed by atoms with Gasteiger partial charge in [-0.25, -0.2) is 0 Å². The van der Waals surface area contributed by atoms with Gasteiger partial charge in [-0.15, -0.1) is 0 Å². The van der Waals surface area contributed by atoms with E-state index in [0.717, 1.165) is 0 Å². The zero-order valence-electron chi connectivity index (χ0n) is 22.3. The van der Waals surface area contributed by atoms with Gasteiger partial charge in [-0.3, -0.25) is 0 Å². The maximum atomic E-state index is 10.8. The van der Waals surface area contributed by atoms with Crippen LogP contribution in [-0.2, 0) is 8.85 Å². The Balaban J connectivity index is 1.90. The summed E-state index contributed by atoms with van der Waals surface area (Å²) in [4.78, 5) is 0. The molecule has 0 saturated heterocycles. The van der Waals surface area contributed by atoms with Gasteiger partial charge in [0.1, 0.15) is 0 Å². The molecule has 0 radical (unpaired) electrons. The van der Waals surface area contributed by atoms with Crippen LogP contribution in [0, 0.1) is 11.8 Å². The number of aliphatic hydroxyl groups is 1. The third kappa shape index (κ3) is 5.49. The van der Waals surface area contributed by atoms with Gasteiger partial charge in [0, 0.05) is 25.0 Å². The average molecular weight is 497 g/mol. The first-order valence-corrected chi connectivity index (χ1v) is 17.4. The van der Waals surface area contributed by atoms with Crippen molar-refractivity contribution in [3.63, 3.8) is 0 Å². The quantitative estimate of drug-likeness (QED) is 0.374. The minimum Gasteiger partial charge on any atom is -0.416 e. The van der Waals surface area contributed by atoms with Gasteiger partial charge >= 0.3 is 0 Å². The largest absolute Gasteiger partial charge is 0.416 e. The van der Waals surface area contributed by atoms with E-state index in [1.807, 2.05) is 6.08 Å². The minimum absolute atomic E-state index is 0.0207. The molecule has 186 valence electrons. The fraction of sp³-hybridized carbons (Fsp3) is 0.517. The molecule has 0 fully saturated rings. The molecule has 1 aliphatic rings. The second kappa shape index (κ2) is 10.2. The van der Waals surface area contributed by atoms with Gasteiger partial charge < -0.3 is 14.0 Å². The van der Waals surface area contributed by atoms with Crippen molar-refractivity contribution in [2.45, 2.75) is 70.8 Å². The molecule has 2 aromatic rings. The molecule has 0 amide bonds. The first-order chi connectivity index (χ1) is 15.8. The number of rotatable bonds is 8. The molecule has 3 atom stereocenters. The lowest BCUT2D eigenvalue weighted by atomic mass is 9.96. The van der Waals surface area contributed by atoms with E-state index in [1.165, 1.54) is 10.4 Å². The molecular formula is C29H44O3Si2. The van der Waals surface area contributed by atoms with Crippen molar-refractivity contribution in [1.29, 1.82) is 0 Å². The van der Waals surface area contributed by atoms with Crippen molar-refractivity contribution >= 4 is 27.0 Å². The summed E-state index contributed by atoms with van der Waals surface area (Å²) in [6, 6.07) is 21.5. The smallest absolute Gasteiger partial charge is 0.261 e. The number of benzene rings is 2. The fourth-order valence-corrected chi connectivity index (χ4v) is 10.3. The summed E-state index contributed by atoms with van der Waals surface area (Å²) >= 11 is 0. The lowest BCUT2D eigenvalue weighted by Crippen LogP contribution is -2.67. The molecule has 3 rings (SSSR count). The van der Waals surface area contributed by atoms with Gasteiger partial charge in [0.2, 0.25) is 0 Å². The molecule has 0 aliphatic heterocycles. The second-order valence-corrected chi connectivity index (χ2v) is 21.4. The molecule has 3 nitrogen and oxygen atoms in total. The summed E-state index contributed by atoms with van der Waals surface area (Å²) in [6.45, 7) is 19.4. The predicted octanol–water partition coefficient (Wildman–Crippen LogP) is 5.75. The highest BCUT2D eigenvalue weighted by atomic mass is 28.4. The van der Waals surface area contributed by atoms with E-state index in [1.54, 1.807) is 0 Å². The van der Waals surface area contributed by atoms with Crippen LogP contribution in [0.25, 0.3) is 0 Å². The normalized spacial score (nSPS) is 21.7. The molecule has 1 aliphatic carbocycles. The summed E-state index contributed by atoms with van der Waals surface area (Å²) < 4.78 is 13.7. The van der Waals surface area contributed by atoms with Crippen LogP contribution in [-0.4, -0.2) is 41.1 Å². The Morgan fingerprint density at radius 1 is 0.706 bits per heavy atom. The zero-order valence-corrected chi connectivity index (χ0v) is 24.3. The SMILES string of the molecule is CC(C)(C)[Si](C)(C)OC[C@@H]1[C@@H](CO[Si](c2ccccc2)(c2ccccc2)C(C)(C)C)C=C[C@@H]1O. The van der Waals surface area contributed by atoms with Crippen molar-refractivity contribution in [2.75, 3.05) is 13.2 Å². The predicted molar refractivity (Wildman–Crippen MR) is 149 cm³/mol. The molecule has 34 heavy (non-hydrogen) atoms. The van der Waals surface area contributed by atoms with Crippen LogP contribution in [0.5, 0.6) is 0 Å². The summed E-state index contributed by atoms with van der Waals surface area (Å²) in [5, 5.41) is 13.4. The Morgan fingerprint density at radius 2 is 1.21 bits per heavy atom. The van der Waals surface area contributed by atoms with Crippen molar-refractivity contribution in [3.05, 3.63) is 72.8 Å². The molecule has 0 aromatic heterocycles. The summed E-state index contributed by atoms with van der Waals surface area (Å²) in [5.41, 5.74) is 0. The maximum Gasteiger partial charge on any atom is 0.261 e. The molecule has 0 spiro atoms. The lowest BCUT2D eigenvalue weighted by molar-refractivity contribution is 0.0746. The van der Waals surface area contributed by atoms with Crippen LogP contribution in [0.15, 0.2) is 72.8 Å². The number of aliphatic hydroxyl groups excluding tert-OH is 1. The maximum absolute atomic E-state index is 10.8. The molecule has 5 heteroatoms. The first-order valence-electron chi connectivity index (χ1n) is 12.5. The van der Waals surface area contributed by atoms with Crippen molar-refractivity contribution in [2.24, 2.45) is 11.8 Å². The van der Waals surface area contributed by atoms with Crippen LogP contribution in [0.3, 0.4) is 0 Å². The van der Waals surface area contributed by atoms with Gasteiger partial charge in [0.15, 0.2) is 8.32 Å². The highest BCUT2D eigenvalue weighted by Crippen LogP contribution is 2.40. The van der Waals surface area contributed by atoms with E-state index < -0.39 is 22.7 Å². The Kier molecular flexibility index (Phi) is 8.15. The Bertz CT molecular complexity index is 903. The van der Waals surface area contributed by atoms with Crippen LogP contribution in [0.1, 0.15) is 41.5 Å². The van der Waals surface area contributed by atoms with Crippen LogP contribution in [0.2, 0.25) is 23.2 Å². The topological polar surface area (TPSA) is 38.7 Å². The van der Waals surface area contributed by atoms with Crippen molar-refractivity contribution in [3.8, 4) is 0 Å². The summed E-state index contributed by atoms with van der Waals surface area (Å²) in [7, 11) is -4.50. The van der Waals surface area contributed by atoms with Crippen LogP contribution >= 0.6 is 0 Å². The van der Waals surface area contributed by atoms with Crippen LogP contribution in [0.4, 0.5) is 0 Å². The van der Waals surface area contributed by atoms with Crippen molar-refractivity contribution in [1.82, 2.24) is 0 Å². The fourth-order valence-electron chi connectivity index (χ4n) is 4.70. The van der Waals surface area contributed by atoms with E-state index in [2.05, 4.69) is 121 Å². The number of hydrogen-bond donors (Lipinski definition) is 1. The molecule has 0 bridgehead atoms. The third-order valence-corrected chi connectivity index (χ3v) is 17.4. The van der Waals surface area contributed by atoms with Gasteiger partial charge in [-0.1, -0.05) is 114 Å². The lowest BCUT2D eigenvalue weighted by Gasteiger charge is -2.44. The van der Waals surface area contributed by atoms with Crippen LogP contribution < -0.4 is 10.4 Å². The van der Waals surface area contributed by atoms with Gasteiger partial charge in [-0.05, 0) is 33.5 Å². The monoisotopic (exact) mass is 496 g/mol. The molecule has 1 N–H and O–H groups in total. The molecule has 0 saturated carbocycles. The summed E-state index contributed by atoms with van der Waals surface area (Å²) in [6.07, 6.45) is 3.58. The standard InChI is InChI=1S/C29H44O3Si2/c1-28(2,3)33(7,8)31-22-26-23(19-20-27(26)30)21-32-34(29(4,5)6,24-15-11-9-12-16-24)25-17-13-10-14-18-25/h9-20,23,26-27,30H,21-22H2,1-8H3/t23-,26-,27+/m1/s1. The Morgan fingerprint density at radius 3 is 1.65 bits per heavy atom. The Hall–Kier alpha value is -1.51. The van der Waals surface area contributed by atoms with Crippen molar-refractivity contribution < 1.29 is 14.0 Å². The molecule has 2 aromatic carbocycles. The highest BCUT2D eigenvalue weighted by molar-refractivity contribution is 6.99. The van der Waals surface area contributed by atoms with Gasteiger partial charge in [0.25, 0.3) is 8.32 Å².